The second-order valence-electron chi connectivity index (χ2n) is 5.34. The number of allylic oxidation sites excluding steroid dienone is 1. The third kappa shape index (κ3) is 4.08. The fourth-order valence-electron chi connectivity index (χ4n) is 2.61. The molecule has 7 heteroatoms. The SMILES string of the molecule is COc1cc(O)c(C(=O)/C=C/c2ccc(OC)c(OC)c2OC)c(OC)c1. The molecule has 7 nitrogen and oxygen atoms in total. The zero-order valence-electron chi connectivity index (χ0n) is 15.9. The van der Waals surface area contributed by atoms with Crippen LogP contribution < -0.4 is 23.7 Å². The Bertz CT molecular complexity index is 856. The van der Waals surface area contributed by atoms with Crippen LogP contribution in [0.1, 0.15) is 15.9 Å². The summed E-state index contributed by atoms with van der Waals surface area (Å²) in [6, 6.07) is 6.31. The number of rotatable bonds is 8. The number of ketones is 1. The van der Waals surface area contributed by atoms with E-state index in [2.05, 4.69) is 0 Å². The number of hydrogen-bond acceptors (Lipinski definition) is 7. The molecule has 144 valence electrons. The largest absolute Gasteiger partial charge is 0.507 e. The van der Waals surface area contributed by atoms with Crippen LogP contribution in [0.25, 0.3) is 6.08 Å². The molecule has 0 heterocycles. The van der Waals surface area contributed by atoms with Crippen molar-refractivity contribution in [3.05, 3.63) is 41.5 Å². The van der Waals surface area contributed by atoms with Gasteiger partial charge >= 0.3 is 0 Å². The van der Waals surface area contributed by atoms with Crippen LogP contribution in [0.2, 0.25) is 0 Å². The molecule has 2 aromatic rings. The lowest BCUT2D eigenvalue weighted by atomic mass is 10.1. The van der Waals surface area contributed by atoms with Crippen LogP contribution in [0.4, 0.5) is 0 Å². The summed E-state index contributed by atoms with van der Waals surface area (Å²) in [5.74, 6) is 1.26. The Morgan fingerprint density at radius 3 is 2.07 bits per heavy atom. The second kappa shape index (κ2) is 8.84. The minimum Gasteiger partial charge on any atom is -0.507 e. The van der Waals surface area contributed by atoms with Gasteiger partial charge in [-0.1, -0.05) is 0 Å². The molecule has 0 saturated carbocycles. The average Bonchev–Trinajstić information content (AvgIpc) is 2.69. The van der Waals surface area contributed by atoms with Crippen molar-refractivity contribution in [2.24, 2.45) is 0 Å². The molecule has 2 aromatic carbocycles. The summed E-state index contributed by atoms with van der Waals surface area (Å²) in [6.07, 6.45) is 2.88. The maximum absolute atomic E-state index is 12.6. The number of phenols is 1. The van der Waals surface area contributed by atoms with Crippen LogP contribution in [0, 0.1) is 0 Å². The minimum atomic E-state index is -0.441. The third-order valence-corrected chi connectivity index (χ3v) is 3.91. The van der Waals surface area contributed by atoms with Gasteiger partial charge in [0, 0.05) is 17.7 Å². The summed E-state index contributed by atoms with van der Waals surface area (Å²) < 4.78 is 26.2. The Balaban J connectivity index is 2.43. The number of aromatic hydroxyl groups is 1. The topological polar surface area (TPSA) is 83.5 Å². The number of methoxy groups -OCH3 is 5. The van der Waals surface area contributed by atoms with Gasteiger partial charge in [0.2, 0.25) is 5.75 Å². The molecule has 0 radical (unpaired) electrons. The van der Waals surface area contributed by atoms with Gasteiger partial charge in [-0.2, -0.15) is 0 Å². The molecule has 1 N–H and O–H groups in total. The van der Waals surface area contributed by atoms with Crippen LogP contribution in [-0.4, -0.2) is 46.4 Å². The summed E-state index contributed by atoms with van der Waals surface area (Å²) in [4.78, 5) is 12.6. The van der Waals surface area contributed by atoms with Crippen LogP contribution in [0.5, 0.6) is 34.5 Å². The van der Waals surface area contributed by atoms with Crippen molar-refractivity contribution < 1.29 is 33.6 Å². The smallest absolute Gasteiger partial charge is 0.203 e. The van der Waals surface area contributed by atoms with E-state index in [4.69, 9.17) is 23.7 Å². The monoisotopic (exact) mass is 374 g/mol. The first-order valence-corrected chi connectivity index (χ1v) is 7.97. The van der Waals surface area contributed by atoms with E-state index >= 15 is 0 Å². The molecule has 27 heavy (non-hydrogen) atoms. The van der Waals surface area contributed by atoms with E-state index in [1.807, 2.05) is 0 Å². The normalized spacial score (nSPS) is 10.6. The van der Waals surface area contributed by atoms with Crippen molar-refractivity contribution in [3.8, 4) is 34.5 Å². The van der Waals surface area contributed by atoms with Gasteiger partial charge in [0.15, 0.2) is 17.3 Å². The van der Waals surface area contributed by atoms with Gasteiger partial charge in [0.05, 0.1) is 35.5 Å². The van der Waals surface area contributed by atoms with Crippen LogP contribution in [0.3, 0.4) is 0 Å². The van der Waals surface area contributed by atoms with Gasteiger partial charge in [0.25, 0.3) is 0 Å². The predicted octanol–water partition coefficient (Wildman–Crippen LogP) is 3.33. The molecule has 0 aliphatic carbocycles. The van der Waals surface area contributed by atoms with Gasteiger partial charge in [-0.05, 0) is 24.3 Å². The highest BCUT2D eigenvalue weighted by atomic mass is 16.5. The molecular weight excluding hydrogens is 352 g/mol. The molecule has 0 bridgehead atoms. The molecule has 0 spiro atoms. The van der Waals surface area contributed by atoms with Crippen LogP contribution in [-0.2, 0) is 0 Å². The molecule has 0 unspecified atom stereocenters. The third-order valence-electron chi connectivity index (χ3n) is 3.91. The van der Waals surface area contributed by atoms with Crippen molar-refractivity contribution in [2.45, 2.75) is 0 Å². The molecular formula is C20H22O7. The molecule has 0 saturated heterocycles. The number of carbonyl (C=O) groups excluding carboxylic acids is 1. The first kappa shape index (κ1) is 20.0. The number of carbonyl (C=O) groups is 1. The van der Waals surface area contributed by atoms with E-state index in [-0.39, 0.29) is 17.1 Å². The van der Waals surface area contributed by atoms with Crippen LogP contribution >= 0.6 is 0 Å². The first-order chi connectivity index (χ1) is 13.0. The lowest BCUT2D eigenvalue weighted by Crippen LogP contribution is -2.01. The Morgan fingerprint density at radius 2 is 1.52 bits per heavy atom. The zero-order valence-corrected chi connectivity index (χ0v) is 15.9. The fraction of sp³-hybridized carbons (Fsp3) is 0.250. The Hall–Kier alpha value is -3.35. The van der Waals surface area contributed by atoms with Gasteiger partial charge in [-0.3, -0.25) is 4.79 Å². The summed E-state index contributed by atoms with van der Waals surface area (Å²) in [6.45, 7) is 0. The molecule has 2 rings (SSSR count). The van der Waals surface area contributed by atoms with Gasteiger partial charge in [-0.25, -0.2) is 0 Å². The number of ether oxygens (including phenoxy) is 5. The zero-order chi connectivity index (χ0) is 20.0. The van der Waals surface area contributed by atoms with Gasteiger partial charge < -0.3 is 28.8 Å². The summed E-state index contributed by atoms with van der Waals surface area (Å²) in [7, 11) is 7.38. The lowest BCUT2D eigenvalue weighted by Gasteiger charge is -2.14. The van der Waals surface area contributed by atoms with Crippen LogP contribution in [0.15, 0.2) is 30.3 Å². The van der Waals surface area contributed by atoms with E-state index in [0.29, 0.717) is 28.6 Å². The molecule has 0 atom stereocenters. The summed E-state index contributed by atoms with van der Waals surface area (Å²) in [5, 5.41) is 10.2. The number of hydrogen-bond donors (Lipinski definition) is 1. The highest BCUT2D eigenvalue weighted by Crippen LogP contribution is 2.40. The lowest BCUT2D eigenvalue weighted by molar-refractivity contribution is 0.104. The summed E-state index contributed by atoms with van der Waals surface area (Å²) in [5.41, 5.74) is 0.643. The minimum absolute atomic E-state index is 0.0361. The van der Waals surface area contributed by atoms with Crippen molar-refractivity contribution in [1.29, 1.82) is 0 Å². The van der Waals surface area contributed by atoms with Crippen molar-refractivity contribution >= 4 is 11.9 Å². The molecule has 0 aliphatic heterocycles. The summed E-state index contributed by atoms with van der Waals surface area (Å²) >= 11 is 0. The predicted molar refractivity (Wildman–Crippen MR) is 101 cm³/mol. The van der Waals surface area contributed by atoms with E-state index in [1.165, 1.54) is 53.8 Å². The van der Waals surface area contributed by atoms with Crippen molar-refractivity contribution in [3.63, 3.8) is 0 Å². The number of benzene rings is 2. The van der Waals surface area contributed by atoms with Gasteiger partial charge in [-0.15, -0.1) is 0 Å². The molecule has 0 aliphatic rings. The highest BCUT2D eigenvalue weighted by Gasteiger charge is 2.18. The maximum atomic E-state index is 12.6. The van der Waals surface area contributed by atoms with E-state index in [1.54, 1.807) is 18.2 Å². The first-order valence-electron chi connectivity index (χ1n) is 7.97. The Morgan fingerprint density at radius 1 is 0.852 bits per heavy atom. The maximum Gasteiger partial charge on any atom is 0.203 e. The van der Waals surface area contributed by atoms with Crippen molar-refractivity contribution in [2.75, 3.05) is 35.5 Å². The fourth-order valence-corrected chi connectivity index (χ4v) is 2.61. The second-order valence-corrected chi connectivity index (χ2v) is 5.34. The van der Waals surface area contributed by atoms with Crippen molar-refractivity contribution in [1.82, 2.24) is 0 Å². The van der Waals surface area contributed by atoms with Gasteiger partial charge in [0.1, 0.15) is 22.8 Å². The van der Waals surface area contributed by atoms with E-state index < -0.39 is 5.78 Å². The average molecular weight is 374 g/mol. The van der Waals surface area contributed by atoms with E-state index in [9.17, 15) is 9.90 Å². The molecule has 0 amide bonds. The Kier molecular flexibility index (Phi) is 6.54. The number of phenolic OH excluding ortho intramolecular Hbond substituents is 1. The molecule has 0 aromatic heterocycles. The highest BCUT2D eigenvalue weighted by molar-refractivity contribution is 6.10. The Labute approximate surface area is 157 Å². The standard InChI is InChI=1S/C20H22O7/c1-23-13-10-15(22)18(17(11-13)25-3)14(21)8-6-12-7-9-16(24-2)20(27-5)19(12)26-4/h6-11,22H,1-5H3/b8-6+. The van der Waals surface area contributed by atoms with E-state index in [0.717, 1.165) is 0 Å². The molecule has 0 fully saturated rings. The quantitative estimate of drug-likeness (QED) is 0.560.